The first-order valence-electron chi connectivity index (χ1n) is 32.0. The van der Waals surface area contributed by atoms with E-state index in [9.17, 15) is 70.9 Å². The van der Waals surface area contributed by atoms with Crippen molar-refractivity contribution >= 4 is 11.8 Å². The van der Waals surface area contributed by atoms with Crippen LogP contribution in [0.3, 0.4) is 0 Å². The van der Waals surface area contributed by atoms with Gasteiger partial charge in [0.05, 0.1) is 38.6 Å². The number of rotatable bonds is 47. The van der Waals surface area contributed by atoms with Gasteiger partial charge in [0.25, 0.3) is 0 Å². The van der Waals surface area contributed by atoms with Crippen molar-refractivity contribution in [3.05, 3.63) is 0 Å². The van der Waals surface area contributed by atoms with E-state index in [1.54, 1.807) is 0 Å². The zero-order valence-electron chi connectivity index (χ0n) is 50.1. The number of aliphatic hydroxyl groups is 12. The highest BCUT2D eigenvalue weighted by Gasteiger charge is 2.52. The van der Waals surface area contributed by atoms with Crippen LogP contribution in [0.2, 0.25) is 0 Å². The highest BCUT2D eigenvalue weighted by molar-refractivity contribution is 5.80. The molecule has 0 spiro atoms. The minimum Gasteiger partial charge on any atom is -0.394 e. The van der Waals surface area contributed by atoms with Gasteiger partial charge < -0.3 is 100 Å². The molecule has 484 valence electrons. The van der Waals surface area contributed by atoms with Crippen LogP contribution in [0.4, 0.5) is 0 Å². The van der Waals surface area contributed by atoms with Crippen molar-refractivity contribution in [1.29, 1.82) is 0 Å². The number of carbonyl (C=O) groups is 2. The van der Waals surface area contributed by atoms with Crippen LogP contribution in [0.25, 0.3) is 0 Å². The van der Waals surface area contributed by atoms with Crippen molar-refractivity contribution in [2.75, 3.05) is 26.4 Å². The Bertz CT molecular complexity index is 1610. The lowest BCUT2D eigenvalue weighted by Crippen LogP contribution is -2.66. The topological polar surface area (TPSA) is 356 Å². The van der Waals surface area contributed by atoms with Crippen LogP contribution in [0.1, 0.15) is 226 Å². The van der Waals surface area contributed by atoms with Crippen LogP contribution in [0.5, 0.6) is 0 Å². The maximum Gasteiger partial charge on any atom is 0.249 e. The molecule has 2 amide bonds. The number of aliphatic hydroxyl groups excluding tert-OH is 12. The predicted molar refractivity (Wildman–Crippen MR) is 306 cm³/mol. The van der Waals surface area contributed by atoms with Crippen LogP contribution in [-0.4, -0.2) is 216 Å². The molecule has 3 aliphatic heterocycles. The van der Waals surface area contributed by atoms with Gasteiger partial charge in [-0.2, -0.15) is 0 Å². The normalized spacial score (nSPS) is 30.2. The second-order valence-corrected chi connectivity index (χ2v) is 23.6. The molecular formula is C60H114N2O20. The SMILES string of the molecule is CCCCCCCCCCCCCCCCCCCC[C@@H](O)C(=O)N[C@@H](CO[C@H]1O[C@H](CO[C@@H]2O[C@H](CO)[C@H](O)[C@H](O)[C@H]2NC(C)=O)[C@H](O)[C@H](O)[C@H]1O[C@H]1O[C@H](CO)[C@H](O)[C@H](O)[C@H]1O)[C@H](O)[C@H](O)CCCCCCCCCCCCCC. The van der Waals surface area contributed by atoms with Crippen molar-refractivity contribution in [3.8, 4) is 0 Å². The summed E-state index contributed by atoms with van der Waals surface area (Å²) in [5.74, 6) is -1.48. The number of hydrogen-bond donors (Lipinski definition) is 14. The lowest BCUT2D eigenvalue weighted by molar-refractivity contribution is -0.371. The summed E-state index contributed by atoms with van der Waals surface area (Å²) in [6, 6.07) is -2.82. The molecule has 3 rings (SSSR count). The Labute approximate surface area is 489 Å². The fraction of sp³-hybridized carbons (Fsp3) is 0.967. The molecule has 82 heavy (non-hydrogen) atoms. The van der Waals surface area contributed by atoms with Crippen molar-refractivity contribution in [3.63, 3.8) is 0 Å². The second kappa shape index (κ2) is 43.8. The maximum absolute atomic E-state index is 13.7. The van der Waals surface area contributed by atoms with Gasteiger partial charge >= 0.3 is 0 Å². The number of hydrogen-bond acceptors (Lipinski definition) is 20. The average molecular weight is 1180 g/mol. The van der Waals surface area contributed by atoms with Gasteiger partial charge in [0, 0.05) is 6.92 Å². The van der Waals surface area contributed by atoms with Crippen LogP contribution in [-0.2, 0) is 38.0 Å². The monoisotopic (exact) mass is 1180 g/mol. The number of amides is 2. The Morgan fingerprint density at radius 1 is 0.463 bits per heavy atom. The molecule has 0 aromatic rings. The minimum absolute atomic E-state index is 0.130. The van der Waals surface area contributed by atoms with Crippen molar-refractivity contribution in [2.24, 2.45) is 0 Å². The third-order valence-corrected chi connectivity index (χ3v) is 16.5. The summed E-state index contributed by atoms with van der Waals surface area (Å²) in [5, 5.41) is 135. The Morgan fingerprint density at radius 2 is 0.866 bits per heavy atom. The lowest BCUT2D eigenvalue weighted by atomic mass is 9.96. The number of carbonyl (C=O) groups excluding carboxylic acids is 2. The van der Waals surface area contributed by atoms with E-state index in [2.05, 4.69) is 24.5 Å². The molecule has 14 N–H and O–H groups in total. The molecule has 3 fully saturated rings. The molecule has 0 aliphatic carbocycles. The van der Waals surface area contributed by atoms with Gasteiger partial charge in [0.2, 0.25) is 11.8 Å². The first-order valence-corrected chi connectivity index (χ1v) is 32.0. The molecule has 3 saturated heterocycles. The number of unbranched alkanes of at least 4 members (excludes halogenated alkanes) is 28. The molecule has 19 atom stereocenters. The molecule has 3 aliphatic rings. The van der Waals surface area contributed by atoms with Gasteiger partial charge in [-0.15, -0.1) is 0 Å². The Kier molecular flexibility index (Phi) is 39.8. The van der Waals surface area contributed by atoms with E-state index in [1.807, 2.05) is 0 Å². The summed E-state index contributed by atoms with van der Waals surface area (Å²) >= 11 is 0. The summed E-state index contributed by atoms with van der Waals surface area (Å²) in [7, 11) is 0. The molecule has 0 aromatic carbocycles. The van der Waals surface area contributed by atoms with E-state index < -0.39 is 155 Å². The molecule has 22 nitrogen and oxygen atoms in total. The van der Waals surface area contributed by atoms with Crippen LogP contribution in [0.15, 0.2) is 0 Å². The molecule has 0 radical (unpaired) electrons. The molecule has 0 aromatic heterocycles. The van der Waals surface area contributed by atoms with Crippen LogP contribution in [0, 0.1) is 0 Å². The predicted octanol–water partition coefficient (Wildman–Crippen LogP) is 3.69. The summed E-state index contributed by atoms with van der Waals surface area (Å²) in [6.07, 6.45) is 5.83. The molecule has 0 bridgehead atoms. The van der Waals surface area contributed by atoms with E-state index in [4.69, 9.17) is 28.4 Å². The highest BCUT2D eigenvalue weighted by Crippen LogP contribution is 2.32. The minimum atomic E-state index is -2.01. The van der Waals surface area contributed by atoms with Gasteiger partial charge in [-0.25, -0.2) is 0 Å². The first-order chi connectivity index (χ1) is 39.5. The third-order valence-electron chi connectivity index (χ3n) is 16.5. The highest BCUT2D eigenvalue weighted by atomic mass is 16.8. The van der Waals surface area contributed by atoms with Gasteiger partial charge in [0.1, 0.15) is 85.4 Å². The van der Waals surface area contributed by atoms with E-state index in [-0.39, 0.29) is 12.8 Å². The third kappa shape index (κ3) is 27.5. The fourth-order valence-electron chi connectivity index (χ4n) is 11.2. The molecule has 0 saturated carbocycles. The first kappa shape index (κ1) is 74.5. The van der Waals surface area contributed by atoms with Crippen LogP contribution >= 0.6 is 0 Å². The van der Waals surface area contributed by atoms with Gasteiger partial charge in [-0.1, -0.05) is 206 Å². The van der Waals surface area contributed by atoms with Crippen molar-refractivity contribution < 1.29 is 99.3 Å². The molecule has 3 heterocycles. The molecule has 22 heteroatoms. The summed E-state index contributed by atoms with van der Waals surface area (Å²) in [6.45, 7) is 2.65. The molecular weight excluding hydrogens is 1070 g/mol. The smallest absolute Gasteiger partial charge is 0.249 e. The number of nitrogens with one attached hydrogen (secondary N) is 2. The van der Waals surface area contributed by atoms with Gasteiger partial charge in [0.15, 0.2) is 18.9 Å². The summed E-state index contributed by atoms with van der Waals surface area (Å²) in [5.41, 5.74) is 0. The summed E-state index contributed by atoms with van der Waals surface area (Å²) in [4.78, 5) is 25.8. The Hall–Kier alpha value is -1.78. The zero-order chi connectivity index (χ0) is 60.2. The van der Waals surface area contributed by atoms with E-state index in [1.165, 1.54) is 122 Å². The Morgan fingerprint density at radius 3 is 1.32 bits per heavy atom. The maximum atomic E-state index is 13.7. The van der Waals surface area contributed by atoms with Crippen molar-refractivity contribution in [1.82, 2.24) is 10.6 Å². The molecule has 0 unspecified atom stereocenters. The van der Waals surface area contributed by atoms with Gasteiger partial charge in [-0.05, 0) is 12.8 Å². The van der Waals surface area contributed by atoms with E-state index in [0.29, 0.717) is 12.8 Å². The Balaban J connectivity index is 1.70. The standard InChI is InChI=1S/C60H114N2O20/c1-4-6-8-10-12-14-16-18-19-20-21-22-23-25-27-29-31-33-35-43(67)57(76)62-41(48(68)42(66)34-32-30-28-26-24-17-15-13-11-9-7-5-2)38-77-60-56(82-59-55(75)53(73)50(70)45(37-64)80-59)54(74)51(71)46(81-60)39-78-58-47(61-40(3)65)52(72)49(69)44(36-63)79-58/h41-56,58-60,63-64,66-75H,4-39H2,1-3H3,(H,61,65)(H,62,76)/t41-,42+,43+,44+,45+,46+,47+,48-,49-,50-,51-,52+,53-,54-,55+,56+,58+,59+,60-/m0/s1. The summed E-state index contributed by atoms with van der Waals surface area (Å²) < 4.78 is 35.2. The van der Waals surface area contributed by atoms with E-state index in [0.717, 1.165) is 64.7 Å². The fourth-order valence-corrected chi connectivity index (χ4v) is 11.2. The lowest BCUT2D eigenvalue weighted by Gasteiger charge is -2.47. The van der Waals surface area contributed by atoms with Crippen LogP contribution < -0.4 is 10.6 Å². The van der Waals surface area contributed by atoms with Gasteiger partial charge in [-0.3, -0.25) is 9.59 Å². The largest absolute Gasteiger partial charge is 0.394 e. The van der Waals surface area contributed by atoms with E-state index >= 15 is 0 Å². The van der Waals surface area contributed by atoms with Crippen molar-refractivity contribution in [2.45, 2.75) is 343 Å². The zero-order valence-corrected chi connectivity index (χ0v) is 50.1. The quantitative estimate of drug-likeness (QED) is 0.0386. The number of ether oxygens (including phenoxy) is 6. The average Bonchev–Trinajstić information content (AvgIpc) is 3.65. The second-order valence-electron chi connectivity index (χ2n) is 23.6.